The van der Waals surface area contributed by atoms with E-state index in [0.717, 1.165) is 36.8 Å². The van der Waals surface area contributed by atoms with Crippen molar-refractivity contribution in [1.82, 2.24) is 9.21 Å². The summed E-state index contributed by atoms with van der Waals surface area (Å²) in [6.45, 7) is 0.844. The molecule has 2 unspecified atom stereocenters. The third-order valence-corrected chi connectivity index (χ3v) is 13.2. The first-order valence-corrected chi connectivity index (χ1v) is 20.7. The lowest BCUT2D eigenvalue weighted by Gasteiger charge is -2.44. The minimum absolute atomic E-state index is 0.0538. The highest BCUT2D eigenvalue weighted by atomic mass is 35.5. The van der Waals surface area contributed by atoms with Gasteiger partial charge in [0.25, 0.3) is 0 Å². The minimum Gasteiger partial charge on any atom is -0.493 e. The SMILES string of the molecule is NC1CC2CCC(C1)N2C(=O)[C@H]1C[C@H](Oc2ccc(-c3ccc(Cl)cc3)cc2)CCN1S(=O)(=O)c1ccc(OCC2CCCCC2)cc1.O=C(O)C(F)(F)F. The van der Waals surface area contributed by atoms with Crippen molar-refractivity contribution in [1.29, 1.82) is 0 Å². The number of amides is 1. The zero-order valence-electron chi connectivity index (χ0n) is 30.4. The number of aliphatic carboxylic acids is 1. The van der Waals surface area contributed by atoms with Crippen LogP contribution < -0.4 is 15.2 Å². The number of fused-ring (bicyclic) bond motifs is 2. The van der Waals surface area contributed by atoms with Gasteiger partial charge in [0, 0.05) is 36.1 Å². The third kappa shape index (κ3) is 10.1. The number of sulfonamides is 1. The highest BCUT2D eigenvalue weighted by Crippen LogP contribution is 2.39. The molecule has 10 nitrogen and oxygen atoms in total. The number of ether oxygens (including phenoxy) is 2. The van der Waals surface area contributed by atoms with Crippen LogP contribution in [0.2, 0.25) is 5.02 Å². The molecule has 3 saturated heterocycles. The van der Waals surface area contributed by atoms with Gasteiger partial charge in [-0.2, -0.15) is 17.5 Å². The summed E-state index contributed by atoms with van der Waals surface area (Å²) in [5.41, 5.74) is 8.42. The molecule has 7 rings (SSSR count). The normalized spacial score (nSPS) is 24.7. The molecule has 2 bridgehead atoms. The molecular formula is C40H47ClF3N3O7S. The van der Waals surface area contributed by atoms with Gasteiger partial charge >= 0.3 is 12.1 Å². The molecule has 3 aliphatic heterocycles. The summed E-state index contributed by atoms with van der Waals surface area (Å²) in [5.74, 6) is -0.974. The molecule has 15 heteroatoms. The Morgan fingerprint density at radius 3 is 1.91 bits per heavy atom. The standard InChI is InChI=1S/C38H46ClN3O5S.C2HF3O2/c39-29-10-6-27(7-11-29)28-8-14-34(15-9-28)47-35-20-21-41(37(24-35)38(43)42-31-12-13-32(42)23-30(40)22-31)48(44,45)36-18-16-33(17-19-36)46-25-26-4-2-1-3-5-26;3-2(4,5)1(6)7/h6-11,14-19,26,30-32,35,37H,1-5,12-13,20-25,40H2;(H,6,7)/t30?,31?,32?,35-,37-;/m1./s1. The van der Waals surface area contributed by atoms with E-state index in [1.54, 1.807) is 24.3 Å². The molecule has 0 radical (unpaired) electrons. The van der Waals surface area contributed by atoms with Crippen LogP contribution in [0.25, 0.3) is 11.1 Å². The maximum Gasteiger partial charge on any atom is 0.490 e. The number of halogens is 4. The molecule has 55 heavy (non-hydrogen) atoms. The average Bonchev–Trinajstić information content (AvgIpc) is 3.44. The van der Waals surface area contributed by atoms with E-state index in [4.69, 9.17) is 36.7 Å². The lowest BCUT2D eigenvalue weighted by Crippen LogP contribution is -2.60. The Labute approximate surface area is 324 Å². The summed E-state index contributed by atoms with van der Waals surface area (Å²) in [7, 11) is -3.97. The fraction of sp³-hybridized carbons (Fsp3) is 0.500. The summed E-state index contributed by atoms with van der Waals surface area (Å²) >= 11 is 6.06. The Morgan fingerprint density at radius 1 is 0.800 bits per heavy atom. The molecule has 3 aromatic rings. The van der Waals surface area contributed by atoms with Gasteiger partial charge in [-0.25, -0.2) is 13.2 Å². The number of rotatable bonds is 9. The second-order valence-corrected chi connectivity index (χ2v) is 17.2. The number of carboxylic acids is 1. The van der Waals surface area contributed by atoms with E-state index in [0.29, 0.717) is 35.5 Å². The maximum atomic E-state index is 14.4. The molecule has 298 valence electrons. The fourth-order valence-corrected chi connectivity index (χ4v) is 9.99. The van der Waals surface area contributed by atoms with Gasteiger partial charge in [0.2, 0.25) is 15.9 Å². The van der Waals surface area contributed by atoms with Gasteiger partial charge < -0.3 is 25.2 Å². The lowest BCUT2D eigenvalue weighted by atomic mass is 9.90. The first-order chi connectivity index (χ1) is 26.2. The molecule has 4 aliphatic rings. The van der Waals surface area contributed by atoms with E-state index in [1.165, 1.54) is 36.4 Å². The predicted molar refractivity (Wildman–Crippen MR) is 201 cm³/mol. The Kier molecular flexibility index (Phi) is 13.0. The van der Waals surface area contributed by atoms with Gasteiger partial charge in [-0.3, -0.25) is 4.79 Å². The van der Waals surface area contributed by atoms with Crippen LogP contribution in [0, 0.1) is 5.92 Å². The van der Waals surface area contributed by atoms with Crippen molar-refractivity contribution in [3.63, 3.8) is 0 Å². The topological polar surface area (TPSA) is 139 Å². The number of piperidine rings is 2. The predicted octanol–water partition coefficient (Wildman–Crippen LogP) is 7.68. The summed E-state index contributed by atoms with van der Waals surface area (Å²) in [6, 6.07) is 21.5. The Bertz CT molecular complexity index is 1860. The van der Waals surface area contributed by atoms with Crippen molar-refractivity contribution >= 4 is 33.5 Å². The number of carbonyl (C=O) groups is 2. The van der Waals surface area contributed by atoms with Crippen LogP contribution in [0.3, 0.4) is 0 Å². The van der Waals surface area contributed by atoms with E-state index in [1.807, 2.05) is 53.4 Å². The van der Waals surface area contributed by atoms with Crippen molar-refractivity contribution in [2.24, 2.45) is 11.7 Å². The highest BCUT2D eigenvalue weighted by molar-refractivity contribution is 7.89. The number of carboxylic acid groups (broad SMARTS) is 1. The number of alkyl halides is 3. The van der Waals surface area contributed by atoms with Crippen molar-refractivity contribution in [3.05, 3.63) is 77.8 Å². The van der Waals surface area contributed by atoms with Crippen LogP contribution in [-0.2, 0) is 19.6 Å². The zero-order chi connectivity index (χ0) is 39.3. The van der Waals surface area contributed by atoms with Gasteiger partial charge in [-0.05, 0) is 111 Å². The molecule has 1 saturated carbocycles. The molecular weight excluding hydrogens is 759 g/mol. The fourth-order valence-electron chi connectivity index (χ4n) is 8.25. The first-order valence-electron chi connectivity index (χ1n) is 18.8. The number of hydrogen-bond acceptors (Lipinski definition) is 7. The summed E-state index contributed by atoms with van der Waals surface area (Å²) in [5, 5.41) is 7.81. The van der Waals surface area contributed by atoms with Gasteiger partial charge in [0.1, 0.15) is 23.6 Å². The van der Waals surface area contributed by atoms with Crippen LogP contribution in [0.1, 0.15) is 70.6 Å². The average molecular weight is 806 g/mol. The molecule has 1 aliphatic carbocycles. The van der Waals surface area contributed by atoms with Crippen LogP contribution in [0.4, 0.5) is 13.2 Å². The zero-order valence-corrected chi connectivity index (χ0v) is 31.9. The van der Waals surface area contributed by atoms with Crippen LogP contribution in [0.15, 0.2) is 77.7 Å². The van der Waals surface area contributed by atoms with Crippen molar-refractivity contribution in [2.75, 3.05) is 13.2 Å². The number of hydrogen-bond donors (Lipinski definition) is 2. The van der Waals surface area contributed by atoms with Crippen LogP contribution in [-0.4, -0.2) is 84.2 Å². The Hall–Kier alpha value is -3.85. The van der Waals surface area contributed by atoms with Crippen LogP contribution >= 0.6 is 11.6 Å². The minimum atomic E-state index is -5.08. The molecule has 3 N–H and O–H groups in total. The van der Waals surface area contributed by atoms with Crippen LogP contribution in [0.5, 0.6) is 11.5 Å². The Morgan fingerprint density at radius 2 is 1.35 bits per heavy atom. The van der Waals surface area contributed by atoms with Crippen molar-refractivity contribution in [2.45, 2.75) is 112 Å². The second-order valence-electron chi connectivity index (χ2n) is 14.9. The largest absolute Gasteiger partial charge is 0.493 e. The molecule has 4 atom stereocenters. The van der Waals surface area contributed by atoms with E-state index in [2.05, 4.69) is 0 Å². The van der Waals surface area contributed by atoms with Gasteiger partial charge in [-0.15, -0.1) is 0 Å². The second kappa shape index (κ2) is 17.5. The summed E-state index contributed by atoms with van der Waals surface area (Å²) < 4.78 is 74.1. The van der Waals surface area contributed by atoms with Crippen molar-refractivity contribution < 1.29 is 45.8 Å². The number of carbonyl (C=O) groups excluding carboxylic acids is 1. The van der Waals surface area contributed by atoms with Gasteiger partial charge in [0.05, 0.1) is 11.5 Å². The Balaban J connectivity index is 0.000000672. The maximum absolute atomic E-state index is 14.4. The van der Waals surface area contributed by atoms with E-state index in [-0.39, 0.29) is 48.0 Å². The summed E-state index contributed by atoms with van der Waals surface area (Å²) in [4.78, 5) is 25.4. The molecule has 0 aromatic heterocycles. The lowest BCUT2D eigenvalue weighted by molar-refractivity contribution is -0.192. The van der Waals surface area contributed by atoms with Gasteiger partial charge in [-0.1, -0.05) is 55.1 Å². The monoisotopic (exact) mass is 805 g/mol. The molecule has 0 spiro atoms. The number of nitrogens with two attached hydrogens (primary N) is 1. The first kappa shape index (κ1) is 40.8. The smallest absolute Gasteiger partial charge is 0.490 e. The van der Waals surface area contributed by atoms with E-state index in [9.17, 15) is 26.4 Å². The molecule has 3 heterocycles. The van der Waals surface area contributed by atoms with E-state index >= 15 is 0 Å². The van der Waals surface area contributed by atoms with Crippen molar-refractivity contribution in [3.8, 4) is 22.6 Å². The molecule has 4 fully saturated rings. The summed E-state index contributed by atoms with van der Waals surface area (Å²) in [6.07, 6.45) is 4.83. The van der Waals surface area contributed by atoms with Gasteiger partial charge in [0.15, 0.2) is 0 Å². The molecule has 3 aromatic carbocycles. The molecule has 1 amide bonds. The number of benzene rings is 3. The number of nitrogens with zero attached hydrogens (tertiary/aromatic N) is 2. The third-order valence-electron chi connectivity index (χ3n) is 11.0. The highest BCUT2D eigenvalue weighted by Gasteiger charge is 2.49. The quantitative estimate of drug-likeness (QED) is 0.225. The van der Waals surface area contributed by atoms with E-state index < -0.39 is 28.2 Å².